The summed E-state index contributed by atoms with van der Waals surface area (Å²) in [5, 5.41) is 6.89. The summed E-state index contributed by atoms with van der Waals surface area (Å²) in [4.78, 5) is 12.8. The second kappa shape index (κ2) is 7.55. The van der Waals surface area contributed by atoms with E-state index in [1.54, 1.807) is 28.7 Å². The molecule has 0 spiro atoms. The molecule has 1 amide bonds. The fourth-order valence-corrected chi connectivity index (χ4v) is 2.41. The van der Waals surface area contributed by atoms with Crippen molar-refractivity contribution in [1.29, 1.82) is 0 Å². The van der Waals surface area contributed by atoms with Gasteiger partial charge in [-0.15, -0.1) is 11.8 Å². The van der Waals surface area contributed by atoms with E-state index in [1.807, 2.05) is 31.4 Å². The Morgan fingerprint density at radius 1 is 1.40 bits per heavy atom. The monoisotopic (exact) mass is 287 g/mol. The third-order valence-corrected chi connectivity index (χ3v) is 3.58. The van der Waals surface area contributed by atoms with Crippen molar-refractivity contribution in [3.05, 3.63) is 54.4 Å². The quantitative estimate of drug-likeness (QED) is 0.504. The lowest BCUT2D eigenvalue weighted by molar-refractivity contribution is -0.116. The first kappa shape index (κ1) is 14.4. The summed E-state index contributed by atoms with van der Waals surface area (Å²) in [6.07, 6.45) is 6.86. The number of aromatic nitrogens is 2. The molecule has 1 aromatic heterocycles. The molecule has 20 heavy (non-hydrogen) atoms. The van der Waals surface area contributed by atoms with Crippen molar-refractivity contribution in [2.45, 2.75) is 4.90 Å². The van der Waals surface area contributed by atoms with E-state index in [0.29, 0.717) is 6.54 Å². The summed E-state index contributed by atoms with van der Waals surface area (Å²) in [6.45, 7) is 0.649. The van der Waals surface area contributed by atoms with Crippen molar-refractivity contribution in [1.82, 2.24) is 15.1 Å². The summed E-state index contributed by atoms with van der Waals surface area (Å²) in [6, 6.07) is 10.1. The average Bonchev–Trinajstić information content (AvgIpc) is 2.88. The predicted octanol–water partition coefficient (Wildman–Crippen LogP) is 2.34. The summed E-state index contributed by atoms with van der Waals surface area (Å²) >= 11 is 1.73. The standard InChI is InChI=1S/C15H17N3OS/c1-18-12-13(11-17-18)7-8-15(19)16-9-10-20-14-5-3-2-4-6-14/h2-8,11-12H,9-10H2,1H3,(H,16,19)/b8-7+. The number of aryl methyl sites for hydroxylation is 1. The van der Waals surface area contributed by atoms with Gasteiger partial charge in [-0.05, 0) is 18.2 Å². The molecular weight excluding hydrogens is 270 g/mol. The smallest absolute Gasteiger partial charge is 0.244 e. The second-order valence-electron chi connectivity index (χ2n) is 4.23. The number of nitrogens with one attached hydrogen (secondary N) is 1. The zero-order valence-corrected chi connectivity index (χ0v) is 12.1. The molecule has 0 atom stereocenters. The van der Waals surface area contributed by atoms with Crippen LogP contribution in [0.4, 0.5) is 0 Å². The Balaban J connectivity index is 1.66. The molecule has 0 aliphatic carbocycles. The minimum atomic E-state index is -0.0810. The lowest BCUT2D eigenvalue weighted by Gasteiger charge is -2.02. The van der Waals surface area contributed by atoms with E-state index in [1.165, 1.54) is 11.0 Å². The highest BCUT2D eigenvalue weighted by molar-refractivity contribution is 7.99. The molecule has 2 aromatic rings. The molecule has 0 fully saturated rings. The van der Waals surface area contributed by atoms with Gasteiger partial charge in [0.15, 0.2) is 0 Å². The van der Waals surface area contributed by atoms with Crippen LogP contribution in [0.3, 0.4) is 0 Å². The Bertz CT molecular complexity index is 578. The Hall–Kier alpha value is -2.01. The van der Waals surface area contributed by atoms with Crippen LogP contribution in [-0.4, -0.2) is 28.0 Å². The van der Waals surface area contributed by atoms with Gasteiger partial charge in [0.25, 0.3) is 0 Å². The van der Waals surface area contributed by atoms with E-state index in [2.05, 4.69) is 22.5 Å². The van der Waals surface area contributed by atoms with Crippen LogP contribution in [0, 0.1) is 0 Å². The summed E-state index contributed by atoms with van der Waals surface area (Å²) in [5.74, 6) is 0.777. The van der Waals surface area contributed by atoms with Crippen molar-refractivity contribution >= 4 is 23.7 Å². The number of hydrogen-bond donors (Lipinski definition) is 1. The highest BCUT2D eigenvalue weighted by Gasteiger charge is 1.97. The third kappa shape index (κ3) is 4.93. The van der Waals surface area contributed by atoms with Gasteiger partial charge in [0.1, 0.15) is 0 Å². The fourth-order valence-electron chi connectivity index (χ4n) is 1.62. The topological polar surface area (TPSA) is 46.9 Å². The number of nitrogens with zero attached hydrogens (tertiary/aromatic N) is 2. The van der Waals surface area contributed by atoms with Crippen molar-refractivity contribution < 1.29 is 4.79 Å². The number of rotatable bonds is 6. The molecular formula is C15H17N3OS. The molecule has 0 radical (unpaired) electrons. The van der Waals surface area contributed by atoms with Crippen LogP contribution >= 0.6 is 11.8 Å². The first-order chi connectivity index (χ1) is 9.74. The van der Waals surface area contributed by atoms with Crippen LogP contribution < -0.4 is 5.32 Å². The van der Waals surface area contributed by atoms with Gasteiger partial charge in [-0.2, -0.15) is 5.10 Å². The molecule has 1 aromatic carbocycles. The molecule has 2 rings (SSSR count). The normalized spacial score (nSPS) is 10.8. The molecule has 1 heterocycles. The van der Waals surface area contributed by atoms with E-state index in [0.717, 1.165) is 11.3 Å². The minimum Gasteiger partial charge on any atom is -0.352 e. The van der Waals surface area contributed by atoms with Crippen LogP contribution in [0.25, 0.3) is 6.08 Å². The van der Waals surface area contributed by atoms with Crippen molar-refractivity contribution in [2.24, 2.45) is 7.05 Å². The number of hydrogen-bond acceptors (Lipinski definition) is 3. The number of benzene rings is 1. The van der Waals surface area contributed by atoms with Crippen LogP contribution in [0.2, 0.25) is 0 Å². The molecule has 0 aliphatic heterocycles. The zero-order valence-electron chi connectivity index (χ0n) is 11.3. The first-order valence-corrected chi connectivity index (χ1v) is 7.35. The van der Waals surface area contributed by atoms with Crippen molar-refractivity contribution in [2.75, 3.05) is 12.3 Å². The Kier molecular flexibility index (Phi) is 5.43. The van der Waals surface area contributed by atoms with Crippen LogP contribution in [0.5, 0.6) is 0 Å². The molecule has 5 heteroatoms. The van der Waals surface area contributed by atoms with Crippen LogP contribution in [0.1, 0.15) is 5.56 Å². The molecule has 0 unspecified atom stereocenters. The van der Waals surface area contributed by atoms with E-state index >= 15 is 0 Å². The van der Waals surface area contributed by atoms with Crippen molar-refractivity contribution in [3.63, 3.8) is 0 Å². The lowest BCUT2D eigenvalue weighted by atomic mass is 10.3. The SMILES string of the molecule is Cn1cc(/C=C/C(=O)NCCSc2ccccc2)cn1. The summed E-state index contributed by atoms with van der Waals surface area (Å²) < 4.78 is 1.70. The lowest BCUT2D eigenvalue weighted by Crippen LogP contribution is -2.23. The highest BCUT2D eigenvalue weighted by Crippen LogP contribution is 2.15. The van der Waals surface area contributed by atoms with Crippen LogP contribution in [-0.2, 0) is 11.8 Å². The van der Waals surface area contributed by atoms with Gasteiger partial charge < -0.3 is 5.32 Å². The van der Waals surface area contributed by atoms with Gasteiger partial charge >= 0.3 is 0 Å². The van der Waals surface area contributed by atoms with E-state index < -0.39 is 0 Å². The van der Waals surface area contributed by atoms with E-state index in [4.69, 9.17) is 0 Å². The molecule has 104 valence electrons. The number of amides is 1. The molecule has 0 aliphatic rings. The van der Waals surface area contributed by atoms with Crippen molar-refractivity contribution in [3.8, 4) is 0 Å². The number of thioether (sulfide) groups is 1. The van der Waals surface area contributed by atoms with Gasteiger partial charge in [-0.1, -0.05) is 18.2 Å². The first-order valence-electron chi connectivity index (χ1n) is 6.36. The molecule has 0 saturated carbocycles. The molecule has 4 nitrogen and oxygen atoms in total. The summed E-state index contributed by atoms with van der Waals surface area (Å²) in [7, 11) is 1.85. The van der Waals surface area contributed by atoms with E-state index in [9.17, 15) is 4.79 Å². The second-order valence-corrected chi connectivity index (χ2v) is 5.40. The van der Waals surface area contributed by atoms with Crippen LogP contribution in [0.15, 0.2) is 53.7 Å². The Morgan fingerprint density at radius 3 is 2.90 bits per heavy atom. The average molecular weight is 287 g/mol. The maximum Gasteiger partial charge on any atom is 0.244 e. The summed E-state index contributed by atoms with van der Waals surface area (Å²) in [5.41, 5.74) is 0.918. The maximum absolute atomic E-state index is 11.6. The Labute approximate surface area is 122 Å². The van der Waals surface area contributed by atoms with Gasteiger partial charge in [-0.25, -0.2) is 0 Å². The molecule has 1 N–H and O–H groups in total. The highest BCUT2D eigenvalue weighted by atomic mass is 32.2. The fraction of sp³-hybridized carbons (Fsp3) is 0.200. The maximum atomic E-state index is 11.6. The molecule has 0 bridgehead atoms. The minimum absolute atomic E-state index is 0.0810. The van der Waals surface area contributed by atoms with Gasteiger partial charge in [0.2, 0.25) is 5.91 Å². The predicted molar refractivity (Wildman–Crippen MR) is 82.4 cm³/mol. The zero-order chi connectivity index (χ0) is 14.2. The van der Waals surface area contributed by atoms with Gasteiger partial charge in [0.05, 0.1) is 6.20 Å². The van der Waals surface area contributed by atoms with Gasteiger partial charge in [-0.3, -0.25) is 9.48 Å². The Morgan fingerprint density at radius 2 is 2.20 bits per heavy atom. The van der Waals surface area contributed by atoms with Gasteiger partial charge in [0, 0.05) is 42.1 Å². The largest absolute Gasteiger partial charge is 0.352 e. The molecule has 0 saturated heterocycles. The van der Waals surface area contributed by atoms with E-state index in [-0.39, 0.29) is 5.91 Å². The number of carbonyl (C=O) groups is 1. The third-order valence-electron chi connectivity index (χ3n) is 2.57. The number of carbonyl (C=O) groups excluding carboxylic acids is 1.